The van der Waals surface area contributed by atoms with Crippen LogP contribution < -0.4 is 10.5 Å². The lowest BCUT2D eigenvalue weighted by molar-refractivity contribution is 0.197. The van der Waals surface area contributed by atoms with Gasteiger partial charge >= 0.3 is 0 Å². The fourth-order valence-electron chi connectivity index (χ4n) is 2.37. The number of hydrogen-bond donors (Lipinski definition) is 1. The van der Waals surface area contributed by atoms with Crippen molar-refractivity contribution in [3.8, 4) is 5.75 Å². The Morgan fingerprint density at radius 2 is 2.16 bits per heavy atom. The molecule has 1 aliphatic heterocycles. The maximum Gasteiger partial charge on any atom is 0.259 e. The number of fused-ring (bicyclic) bond motifs is 1. The summed E-state index contributed by atoms with van der Waals surface area (Å²) < 4.78 is 32.6. The summed E-state index contributed by atoms with van der Waals surface area (Å²) in [5, 5.41) is 0. The summed E-state index contributed by atoms with van der Waals surface area (Å²) in [6.07, 6.45) is 2.50. The number of nitrogens with two attached hydrogens (primary N) is 1. The number of sulfonamides is 1. The van der Waals surface area contributed by atoms with Gasteiger partial charge in [-0.25, -0.2) is 8.42 Å². The molecule has 6 heteroatoms. The smallest absolute Gasteiger partial charge is 0.259 e. The molecule has 1 unspecified atom stereocenters. The lowest BCUT2D eigenvalue weighted by Crippen LogP contribution is -2.26. The molecular formula is C13H16N2O3S. The maximum atomic E-state index is 11.6. The average Bonchev–Trinajstić information content (AvgIpc) is 3.10. The van der Waals surface area contributed by atoms with Crippen molar-refractivity contribution in [2.24, 2.45) is 16.0 Å². The third-order valence-electron chi connectivity index (χ3n) is 3.54. The molecule has 5 nitrogen and oxygen atoms in total. The summed E-state index contributed by atoms with van der Waals surface area (Å²) in [5.74, 6) is 1.15. The molecule has 1 fully saturated rings. The van der Waals surface area contributed by atoms with E-state index in [0.717, 1.165) is 0 Å². The first-order chi connectivity index (χ1) is 8.96. The summed E-state index contributed by atoms with van der Waals surface area (Å²) in [4.78, 5) is 0. The van der Waals surface area contributed by atoms with Crippen molar-refractivity contribution in [3.05, 3.63) is 29.3 Å². The van der Waals surface area contributed by atoms with Gasteiger partial charge in [0.15, 0.2) is 0 Å². The number of amidine groups is 1. The van der Waals surface area contributed by atoms with Gasteiger partial charge in [-0.1, -0.05) is 12.1 Å². The van der Waals surface area contributed by atoms with Gasteiger partial charge < -0.3 is 10.5 Å². The van der Waals surface area contributed by atoms with Crippen molar-refractivity contribution < 1.29 is 13.2 Å². The van der Waals surface area contributed by atoms with Gasteiger partial charge in [-0.15, -0.1) is 4.40 Å². The van der Waals surface area contributed by atoms with Crippen molar-refractivity contribution in [1.82, 2.24) is 0 Å². The van der Waals surface area contributed by atoms with Gasteiger partial charge in [0, 0.05) is 0 Å². The zero-order chi connectivity index (χ0) is 13.6. The fraction of sp³-hybridized carbons (Fsp3) is 0.462. The molecule has 1 atom stereocenters. The van der Waals surface area contributed by atoms with Gasteiger partial charge in [0.25, 0.3) is 10.0 Å². The van der Waals surface area contributed by atoms with Crippen LogP contribution >= 0.6 is 0 Å². The van der Waals surface area contributed by atoms with Crippen LogP contribution in [0.3, 0.4) is 0 Å². The van der Waals surface area contributed by atoms with E-state index in [0.29, 0.717) is 22.8 Å². The monoisotopic (exact) mass is 280 g/mol. The fourth-order valence-corrected chi connectivity index (χ4v) is 3.46. The molecule has 2 N–H and O–H groups in total. The molecule has 0 saturated heterocycles. The minimum atomic E-state index is -3.49. The van der Waals surface area contributed by atoms with Gasteiger partial charge in [-0.05, 0) is 37.3 Å². The van der Waals surface area contributed by atoms with Crippen molar-refractivity contribution in [2.45, 2.75) is 31.6 Å². The molecule has 1 heterocycles. The van der Waals surface area contributed by atoms with Crippen LogP contribution in [0.15, 0.2) is 22.6 Å². The lowest BCUT2D eigenvalue weighted by Gasteiger charge is -2.21. The van der Waals surface area contributed by atoms with E-state index in [1.165, 1.54) is 12.8 Å². The SMILES string of the molecule is CC(Oc1cccc2c1C(N)=NS(=O)(=O)C2)C1CC1. The third-order valence-corrected chi connectivity index (χ3v) is 4.69. The van der Waals surface area contributed by atoms with E-state index in [9.17, 15) is 8.42 Å². The van der Waals surface area contributed by atoms with Crippen LogP contribution in [0.4, 0.5) is 0 Å². The predicted octanol–water partition coefficient (Wildman–Crippen LogP) is 1.41. The summed E-state index contributed by atoms with van der Waals surface area (Å²) in [7, 11) is -3.49. The van der Waals surface area contributed by atoms with Crippen molar-refractivity contribution in [2.75, 3.05) is 0 Å². The molecule has 102 valence electrons. The number of ether oxygens (including phenoxy) is 1. The van der Waals surface area contributed by atoms with E-state index in [1.807, 2.05) is 13.0 Å². The van der Waals surface area contributed by atoms with E-state index in [2.05, 4.69) is 4.40 Å². The topological polar surface area (TPSA) is 81.8 Å². The molecule has 1 saturated carbocycles. The quantitative estimate of drug-likeness (QED) is 0.907. The zero-order valence-corrected chi connectivity index (χ0v) is 11.5. The molecule has 2 aliphatic rings. The zero-order valence-electron chi connectivity index (χ0n) is 10.7. The van der Waals surface area contributed by atoms with Crippen LogP contribution in [-0.4, -0.2) is 20.4 Å². The second-order valence-corrected chi connectivity index (χ2v) is 6.79. The van der Waals surface area contributed by atoms with E-state index in [4.69, 9.17) is 10.5 Å². The Morgan fingerprint density at radius 3 is 2.84 bits per heavy atom. The highest BCUT2D eigenvalue weighted by Gasteiger charge is 2.31. The highest BCUT2D eigenvalue weighted by molar-refractivity contribution is 7.89. The van der Waals surface area contributed by atoms with E-state index in [-0.39, 0.29) is 17.7 Å². The molecular weight excluding hydrogens is 264 g/mol. The molecule has 0 spiro atoms. The predicted molar refractivity (Wildman–Crippen MR) is 72.6 cm³/mol. The Labute approximate surface area is 112 Å². The Kier molecular flexibility index (Phi) is 2.78. The summed E-state index contributed by atoms with van der Waals surface area (Å²) in [6, 6.07) is 5.36. The van der Waals surface area contributed by atoms with Crippen LogP contribution in [0.1, 0.15) is 30.9 Å². The molecule has 19 heavy (non-hydrogen) atoms. The summed E-state index contributed by atoms with van der Waals surface area (Å²) in [6.45, 7) is 2.03. The number of benzene rings is 1. The Bertz CT molecular complexity index is 648. The van der Waals surface area contributed by atoms with Gasteiger partial charge in [-0.3, -0.25) is 0 Å². The van der Waals surface area contributed by atoms with E-state index >= 15 is 0 Å². The molecule has 0 aromatic heterocycles. The summed E-state index contributed by atoms with van der Waals surface area (Å²) in [5.41, 5.74) is 7.07. The van der Waals surface area contributed by atoms with Gasteiger partial charge in [0.05, 0.1) is 17.4 Å². The number of rotatable bonds is 3. The van der Waals surface area contributed by atoms with Crippen LogP contribution in [0, 0.1) is 5.92 Å². The molecule has 0 amide bonds. The Hall–Kier alpha value is -1.56. The second kappa shape index (κ2) is 4.23. The molecule has 3 rings (SSSR count). The Balaban J connectivity index is 1.99. The first-order valence-electron chi connectivity index (χ1n) is 6.33. The maximum absolute atomic E-state index is 11.6. The minimum absolute atomic E-state index is 0.0276. The minimum Gasteiger partial charge on any atom is -0.490 e. The molecule has 1 aromatic carbocycles. The molecule has 1 aliphatic carbocycles. The molecule has 0 bridgehead atoms. The van der Waals surface area contributed by atoms with Crippen molar-refractivity contribution in [1.29, 1.82) is 0 Å². The first-order valence-corrected chi connectivity index (χ1v) is 7.94. The van der Waals surface area contributed by atoms with Gasteiger partial charge in [-0.2, -0.15) is 0 Å². The third kappa shape index (κ3) is 2.45. The van der Waals surface area contributed by atoms with Crippen molar-refractivity contribution in [3.63, 3.8) is 0 Å². The van der Waals surface area contributed by atoms with E-state index < -0.39 is 10.0 Å². The number of hydrogen-bond acceptors (Lipinski definition) is 4. The normalized spacial score (nSPS) is 22.3. The van der Waals surface area contributed by atoms with Crippen molar-refractivity contribution >= 4 is 15.9 Å². The van der Waals surface area contributed by atoms with Gasteiger partial charge in [0.2, 0.25) is 0 Å². The van der Waals surface area contributed by atoms with Crippen LogP contribution in [0.2, 0.25) is 0 Å². The lowest BCUT2D eigenvalue weighted by atomic mass is 10.1. The molecule has 0 radical (unpaired) electrons. The van der Waals surface area contributed by atoms with Crippen LogP contribution in [0.25, 0.3) is 0 Å². The standard InChI is InChI=1S/C13H16N2O3S/c1-8(9-5-6-9)18-11-4-2-3-10-7-19(16,17)15-13(14)12(10)11/h2-4,8-9H,5-7H2,1H3,(H2,14,15). The van der Waals surface area contributed by atoms with Crippen LogP contribution in [0.5, 0.6) is 5.75 Å². The number of nitrogens with zero attached hydrogens (tertiary/aromatic N) is 1. The largest absolute Gasteiger partial charge is 0.490 e. The second-order valence-electron chi connectivity index (χ2n) is 5.15. The van der Waals surface area contributed by atoms with E-state index in [1.54, 1.807) is 12.1 Å². The molecule has 1 aromatic rings. The highest BCUT2D eigenvalue weighted by Crippen LogP contribution is 2.36. The van der Waals surface area contributed by atoms with Gasteiger partial charge in [0.1, 0.15) is 11.6 Å². The Morgan fingerprint density at radius 1 is 1.42 bits per heavy atom. The summed E-state index contributed by atoms with van der Waals surface area (Å²) >= 11 is 0. The highest BCUT2D eigenvalue weighted by atomic mass is 32.2. The van der Waals surface area contributed by atoms with Crippen LogP contribution in [-0.2, 0) is 15.8 Å². The first kappa shape index (κ1) is 12.5. The average molecular weight is 280 g/mol.